The van der Waals surface area contributed by atoms with Gasteiger partial charge in [0.1, 0.15) is 17.2 Å². The van der Waals surface area contributed by atoms with Crippen molar-refractivity contribution in [1.82, 2.24) is 9.97 Å². The van der Waals surface area contributed by atoms with Crippen LogP contribution in [0.1, 0.15) is 30.0 Å². The molecule has 0 radical (unpaired) electrons. The van der Waals surface area contributed by atoms with Crippen molar-refractivity contribution in [2.45, 2.75) is 37.5 Å². The van der Waals surface area contributed by atoms with Gasteiger partial charge in [-0.1, -0.05) is 37.6 Å². The molecule has 2 N–H and O–H groups in total. The second kappa shape index (κ2) is 6.57. The van der Waals surface area contributed by atoms with E-state index in [-0.39, 0.29) is 0 Å². The first-order chi connectivity index (χ1) is 9.22. The largest absolute Gasteiger partial charge is 0.383 e. The average Bonchev–Trinajstić information content (AvgIpc) is 2.41. The number of anilines is 1. The van der Waals surface area contributed by atoms with Gasteiger partial charge in [0.25, 0.3) is 0 Å². The van der Waals surface area contributed by atoms with Gasteiger partial charge in [0.2, 0.25) is 0 Å². The minimum atomic E-state index is 0.615. The van der Waals surface area contributed by atoms with E-state index in [1.54, 1.807) is 18.1 Å². The highest BCUT2D eigenvalue weighted by Crippen LogP contribution is 2.28. The molecule has 1 aromatic carbocycles. The quantitative estimate of drug-likeness (QED) is 0.668. The summed E-state index contributed by atoms with van der Waals surface area (Å²) >= 11 is 1.74. The van der Waals surface area contributed by atoms with Crippen molar-refractivity contribution in [2.24, 2.45) is 0 Å². The molecule has 1 aromatic heterocycles. The van der Waals surface area contributed by atoms with Crippen molar-refractivity contribution < 1.29 is 0 Å². The smallest absolute Gasteiger partial charge is 0.131 e. The van der Waals surface area contributed by atoms with Crippen LogP contribution >= 0.6 is 11.8 Å². The molecule has 0 aliphatic heterocycles. The predicted octanol–water partition coefficient (Wildman–Crippen LogP) is 3.61. The molecule has 2 rings (SSSR count). The summed E-state index contributed by atoms with van der Waals surface area (Å²) < 4.78 is 0. The standard InChI is InChI=1S/C15H19N3S/c1-3-6-13-14(16)17-10-18-15(13)19-9-12-8-5-4-7-11(12)2/h4-5,7-8,10H,3,6,9H2,1-2H3,(H2,16,17,18). The van der Waals surface area contributed by atoms with Crippen molar-refractivity contribution in [3.05, 3.63) is 47.3 Å². The molecule has 0 atom stereocenters. The van der Waals surface area contributed by atoms with Crippen LogP contribution in [0.25, 0.3) is 0 Å². The van der Waals surface area contributed by atoms with Crippen LogP contribution in [0.5, 0.6) is 0 Å². The van der Waals surface area contributed by atoms with E-state index in [2.05, 4.69) is 48.1 Å². The maximum absolute atomic E-state index is 5.94. The number of nitrogen functional groups attached to an aromatic ring is 1. The fraction of sp³-hybridized carbons (Fsp3) is 0.333. The Labute approximate surface area is 118 Å². The zero-order valence-corrected chi connectivity index (χ0v) is 12.2. The van der Waals surface area contributed by atoms with Gasteiger partial charge in [-0.05, 0) is 24.5 Å². The van der Waals surface area contributed by atoms with Crippen molar-refractivity contribution in [3.63, 3.8) is 0 Å². The maximum Gasteiger partial charge on any atom is 0.131 e. The fourth-order valence-electron chi connectivity index (χ4n) is 1.94. The van der Waals surface area contributed by atoms with Gasteiger partial charge in [-0.25, -0.2) is 9.97 Å². The third-order valence-electron chi connectivity index (χ3n) is 3.06. The Morgan fingerprint density at radius 1 is 1.21 bits per heavy atom. The second-order valence-corrected chi connectivity index (χ2v) is 5.47. The normalized spacial score (nSPS) is 10.6. The lowest BCUT2D eigenvalue weighted by molar-refractivity contribution is 0.861. The molecular weight excluding hydrogens is 254 g/mol. The van der Waals surface area contributed by atoms with E-state index in [0.717, 1.165) is 29.2 Å². The van der Waals surface area contributed by atoms with Crippen molar-refractivity contribution >= 4 is 17.6 Å². The zero-order valence-electron chi connectivity index (χ0n) is 11.4. The Balaban J connectivity index is 2.16. The number of aryl methyl sites for hydroxylation is 1. The van der Waals surface area contributed by atoms with Crippen LogP contribution in [0.15, 0.2) is 35.6 Å². The Morgan fingerprint density at radius 3 is 2.74 bits per heavy atom. The van der Waals surface area contributed by atoms with Crippen LogP contribution in [0.4, 0.5) is 5.82 Å². The van der Waals surface area contributed by atoms with Gasteiger partial charge in [-0.2, -0.15) is 0 Å². The molecule has 4 heteroatoms. The number of nitrogens with zero attached hydrogens (tertiary/aromatic N) is 2. The van der Waals surface area contributed by atoms with Gasteiger partial charge in [-0.3, -0.25) is 0 Å². The first-order valence-electron chi connectivity index (χ1n) is 6.49. The van der Waals surface area contributed by atoms with E-state index in [1.807, 2.05) is 0 Å². The number of hydrogen-bond acceptors (Lipinski definition) is 4. The molecule has 0 aliphatic rings. The number of thioether (sulfide) groups is 1. The maximum atomic E-state index is 5.94. The molecule has 0 unspecified atom stereocenters. The third-order valence-corrected chi connectivity index (χ3v) is 4.15. The summed E-state index contributed by atoms with van der Waals surface area (Å²) in [6.07, 6.45) is 3.53. The minimum Gasteiger partial charge on any atom is -0.383 e. The second-order valence-electron chi connectivity index (χ2n) is 4.51. The Morgan fingerprint density at radius 2 is 2.00 bits per heavy atom. The molecule has 0 aliphatic carbocycles. The number of benzene rings is 1. The van der Waals surface area contributed by atoms with E-state index >= 15 is 0 Å². The summed E-state index contributed by atoms with van der Waals surface area (Å²) in [6, 6.07) is 8.43. The molecule has 0 saturated heterocycles. The Kier molecular flexibility index (Phi) is 4.80. The summed E-state index contributed by atoms with van der Waals surface area (Å²) in [7, 11) is 0. The van der Waals surface area contributed by atoms with E-state index in [9.17, 15) is 0 Å². The van der Waals surface area contributed by atoms with Crippen molar-refractivity contribution in [3.8, 4) is 0 Å². The summed E-state index contributed by atoms with van der Waals surface area (Å²) in [5, 5.41) is 1.01. The molecule has 19 heavy (non-hydrogen) atoms. The van der Waals surface area contributed by atoms with Crippen LogP contribution < -0.4 is 5.73 Å². The molecule has 0 spiro atoms. The number of hydrogen-bond donors (Lipinski definition) is 1. The molecule has 0 saturated carbocycles. The van der Waals surface area contributed by atoms with Gasteiger partial charge in [-0.15, -0.1) is 11.8 Å². The molecule has 0 fully saturated rings. The third kappa shape index (κ3) is 3.47. The van der Waals surface area contributed by atoms with Crippen molar-refractivity contribution in [1.29, 1.82) is 0 Å². The number of aromatic nitrogens is 2. The van der Waals surface area contributed by atoms with Crippen LogP contribution in [-0.2, 0) is 12.2 Å². The van der Waals surface area contributed by atoms with Gasteiger partial charge < -0.3 is 5.73 Å². The molecule has 2 aromatic rings. The average molecular weight is 273 g/mol. The van der Waals surface area contributed by atoms with Gasteiger partial charge in [0.05, 0.1) is 0 Å². The zero-order chi connectivity index (χ0) is 13.7. The Hall–Kier alpha value is -1.55. The lowest BCUT2D eigenvalue weighted by Gasteiger charge is -2.10. The summed E-state index contributed by atoms with van der Waals surface area (Å²) in [4.78, 5) is 8.46. The molecule has 100 valence electrons. The molecule has 3 nitrogen and oxygen atoms in total. The molecule has 0 bridgehead atoms. The predicted molar refractivity (Wildman–Crippen MR) is 81.2 cm³/mol. The van der Waals surface area contributed by atoms with Gasteiger partial charge in [0, 0.05) is 11.3 Å². The number of nitrogens with two attached hydrogens (primary N) is 1. The highest BCUT2D eigenvalue weighted by atomic mass is 32.2. The van der Waals surface area contributed by atoms with E-state index < -0.39 is 0 Å². The monoisotopic (exact) mass is 273 g/mol. The fourth-order valence-corrected chi connectivity index (χ4v) is 3.06. The van der Waals surface area contributed by atoms with Crippen LogP contribution in [0, 0.1) is 6.92 Å². The lowest BCUT2D eigenvalue weighted by atomic mass is 10.1. The van der Waals surface area contributed by atoms with Crippen LogP contribution in [-0.4, -0.2) is 9.97 Å². The SMILES string of the molecule is CCCc1c(N)ncnc1SCc1ccccc1C. The van der Waals surface area contributed by atoms with E-state index in [4.69, 9.17) is 5.73 Å². The molecular formula is C15H19N3S. The summed E-state index contributed by atoms with van der Waals surface area (Å²) in [5.74, 6) is 1.53. The van der Waals surface area contributed by atoms with Gasteiger partial charge in [0.15, 0.2) is 0 Å². The van der Waals surface area contributed by atoms with Crippen LogP contribution in [0.3, 0.4) is 0 Å². The van der Waals surface area contributed by atoms with Crippen molar-refractivity contribution in [2.75, 3.05) is 5.73 Å². The number of rotatable bonds is 5. The van der Waals surface area contributed by atoms with Gasteiger partial charge >= 0.3 is 0 Å². The molecule has 0 amide bonds. The van der Waals surface area contributed by atoms with Crippen LogP contribution in [0.2, 0.25) is 0 Å². The van der Waals surface area contributed by atoms with E-state index in [1.165, 1.54) is 11.1 Å². The summed E-state index contributed by atoms with van der Waals surface area (Å²) in [5.41, 5.74) is 9.68. The topological polar surface area (TPSA) is 51.8 Å². The minimum absolute atomic E-state index is 0.615. The van der Waals surface area contributed by atoms with E-state index in [0.29, 0.717) is 5.82 Å². The summed E-state index contributed by atoms with van der Waals surface area (Å²) in [6.45, 7) is 4.28. The highest BCUT2D eigenvalue weighted by Gasteiger charge is 2.09. The Bertz CT molecular complexity index is 555. The first kappa shape index (κ1) is 13.9. The molecule has 1 heterocycles. The first-order valence-corrected chi connectivity index (χ1v) is 7.47. The highest BCUT2D eigenvalue weighted by molar-refractivity contribution is 7.98. The lowest BCUT2D eigenvalue weighted by Crippen LogP contribution is -2.02.